The Hall–Kier alpha value is -2.33. The lowest BCUT2D eigenvalue weighted by Gasteiger charge is -2.11. The highest BCUT2D eigenvalue weighted by atomic mass is 35.5. The van der Waals surface area contributed by atoms with E-state index in [2.05, 4.69) is 4.98 Å². The highest BCUT2D eigenvalue weighted by Crippen LogP contribution is 2.34. The Bertz CT molecular complexity index is 725. The molecule has 0 saturated carbocycles. The van der Waals surface area contributed by atoms with Gasteiger partial charge in [0.15, 0.2) is 0 Å². The summed E-state index contributed by atoms with van der Waals surface area (Å²) in [6.45, 7) is 0. The molecule has 8 heteroatoms. The van der Waals surface area contributed by atoms with Crippen molar-refractivity contribution in [2.75, 3.05) is 0 Å². The van der Waals surface area contributed by atoms with Gasteiger partial charge in [-0.2, -0.15) is 18.4 Å². The van der Waals surface area contributed by atoms with Gasteiger partial charge in [0.2, 0.25) is 5.88 Å². The highest BCUT2D eigenvalue weighted by molar-refractivity contribution is 6.29. The second-order valence-corrected chi connectivity index (χ2v) is 4.23. The number of benzene rings is 1. The molecule has 1 heterocycles. The van der Waals surface area contributed by atoms with Crippen LogP contribution in [0.5, 0.6) is 11.6 Å². The number of hydrogen-bond donors (Lipinski definition) is 0. The molecule has 2 aromatic rings. The summed E-state index contributed by atoms with van der Waals surface area (Å²) < 4.78 is 56.3. The van der Waals surface area contributed by atoms with Crippen molar-refractivity contribution in [3.8, 4) is 17.7 Å². The molecule has 0 atom stereocenters. The molecule has 0 fully saturated rings. The molecule has 0 aliphatic rings. The largest absolute Gasteiger partial charge is 0.437 e. The smallest absolute Gasteiger partial charge is 0.416 e. The Balaban J connectivity index is 2.44. The second kappa shape index (κ2) is 5.58. The van der Waals surface area contributed by atoms with E-state index in [0.29, 0.717) is 12.1 Å². The fraction of sp³-hybridized carbons (Fsp3) is 0.0769. The van der Waals surface area contributed by atoms with E-state index in [1.54, 1.807) is 6.07 Å². The van der Waals surface area contributed by atoms with E-state index in [1.807, 2.05) is 0 Å². The number of rotatable bonds is 2. The summed E-state index contributed by atoms with van der Waals surface area (Å²) in [7, 11) is 0. The average molecular weight is 317 g/mol. The van der Waals surface area contributed by atoms with Crippen LogP contribution in [0, 0.1) is 17.1 Å². The first-order valence-corrected chi connectivity index (χ1v) is 5.80. The van der Waals surface area contributed by atoms with E-state index in [4.69, 9.17) is 21.6 Å². The van der Waals surface area contributed by atoms with Crippen LogP contribution >= 0.6 is 11.6 Å². The minimum Gasteiger partial charge on any atom is -0.437 e. The van der Waals surface area contributed by atoms with Gasteiger partial charge in [0.1, 0.15) is 28.4 Å². The quantitative estimate of drug-likeness (QED) is 0.603. The van der Waals surface area contributed by atoms with Gasteiger partial charge in [0.05, 0.1) is 5.56 Å². The predicted octanol–water partition coefficient (Wildman–Crippen LogP) is 4.56. The SMILES string of the molecule is N#Cc1c(F)cccc1Oc1cc(C(F)(F)F)cc(Cl)n1. The fourth-order valence-corrected chi connectivity index (χ4v) is 1.70. The monoisotopic (exact) mass is 316 g/mol. The standard InChI is InChI=1S/C13H5ClF4N2O/c14-11-4-7(13(16,17)18)5-12(20-11)21-10-3-1-2-9(15)8(10)6-19/h1-5H. The molecule has 0 aliphatic carbocycles. The first-order chi connectivity index (χ1) is 9.81. The van der Waals surface area contributed by atoms with Crippen molar-refractivity contribution >= 4 is 11.6 Å². The van der Waals surface area contributed by atoms with E-state index in [9.17, 15) is 17.6 Å². The lowest BCUT2D eigenvalue weighted by Crippen LogP contribution is -2.06. The normalized spacial score (nSPS) is 11.0. The van der Waals surface area contributed by atoms with Gasteiger partial charge >= 0.3 is 6.18 Å². The van der Waals surface area contributed by atoms with E-state index >= 15 is 0 Å². The lowest BCUT2D eigenvalue weighted by atomic mass is 10.2. The van der Waals surface area contributed by atoms with Crippen molar-refractivity contribution in [1.82, 2.24) is 4.98 Å². The Morgan fingerprint density at radius 2 is 1.95 bits per heavy atom. The number of ether oxygens (including phenoxy) is 1. The molecule has 0 radical (unpaired) electrons. The first kappa shape index (κ1) is 15.1. The summed E-state index contributed by atoms with van der Waals surface area (Å²) in [5.74, 6) is -1.59. The summed E-state index contributed by atoms with van der Waals surface area (Å²) >= 11 is 5.50. The Morgan fingerprint density at radius 3 is 2.57 bits per heavy atom. The molecule has 108 valence electrons. The molecular formula is C13H5ClF4N2O. The van der Waals surface area contributed by atoms with Gasteiger partial charge < -0.3 is 4.74 Å². The van der Waals surface area contributed by atoms with E-state index < -0.39 is 34.2 Å². The summed E-state index contributed by atoms with van der Waals surface area (Å²) in [5, 5.41) is 8.38. The molecule has 1 aromatic heterocycles. The van der Waals surface area contributed by atoms with Crippen molar-refractivity contribution in [3.63, 3.8) is 0 Å². The predicted molar refractivity (Wildman–Crippen MR) is 65.4 cm³/mol. The summed E-state index contributed by atoms with van der Waals surface area (Å²) in [6.07, 6.45) is -4.63. The number of pyridine rings is 1. The summed E-state index contributed by atoms with van der Waals surface area (Å²) in [5.41, 5.74) is -1.50. The molecule has 21 heavy (non-hydrogen) atoms. The maximum atomic E-state index is 13.4. The Kier molecular flexibility index (Phi) is 4.00. The third-order valence-electron chi connectivity index (χ3n) is 2.40. The molecule has 0 amide bonds. The van der Waals surface area contributed by atoms with Crippen LogP contribution in [0.3, 0.4) is 0 Å². The average Bonchev–Trinajstić information content (AvgIpc) is 2.37. The zero-order valence-electron chi connectivity index (χ0n) is 10.1. The summed E-state index contributed by atoms with van der Waals surface area (Å²) in [6, 6.07) is 6.31. The first-order valence-electron chi connectivity index (χ1n) is 5.42. The van der Waals surface area contributed by atoms with Crippen molar-refractivity contribution in [2.45, 2.75) is 6.18 Å². The number of aromatic nitrogens is 1. The molecule has 0 saturated heterocycles. The molecule has 0 aliphatic heterocycles. The van der Waals surface area contributed by atoms with Crippen LogP contribution < -0.4 is 4.74 Å². The van der Waals surface area contributed by atoms with Crippen molar-refractivity contribution in [3.05, 3.63) is 52.4 Å². The van der Waals surface area contributed by atoms with Crippen LogP contribution in [-0.2, 0) is 6.18 Å². The minimum atomic E-state index is -4.63. The van der Waals surface area contributed by atoms with Gasteiger partial charge in [-0.05, 0) is 18.2 Å². The third-order valence-corrected chi connectivity index (χ3v) is 2.59. The van der Waals surface area contributed by atoms with Gasteiger partial charge in [0.25, 0.3) is 0 Å². The molecule has 3 nitrogen and oxygen atoms in total. The molecule has 0 unspecified atom stereocenters. The Morgan fingerprint density at radius 1 is 1.24 bits per heavy atom. The number of nitriles is 1. The zero-order chi connectivity index (χ0) is 15.6. The maximum Gasteiger partial charge on any atom is 0.416 e. The zero-order valence-corrected chi connectivity index (χ0v) is 10.8. The van der Waals surface area contributed by atoms with Crippen LogP contribution in [0.25, 0.3) is 0 Å². The van der Waals surface area contributed by atoms with Crippen molar-refractivity contribution in [1.29, 1.82) is 5.26 Å². The lowest BCUT2D eigenvalue weighted by molar-refractivity contribution is -0.137. The third kappa shape index (κ3) is 3.41. The van der Waals surface area contributed by atoms with Gasteiger partial charge in [-0.1, -0.05) is 17.7 Å². The van der Waals surface area contributed by atoms with Crippen LogP contribution in [0.1, 0.15) is 11.1 Å². The molecule has 1 aromatic carbocycles. The van der Waals surface area contributed by atoms with Crippen LogP contribution in [0.15, 0.2) is 30.3 Å². The number of halogens is 5. The number of alkyl halides is 3. The highest BCUT2D eigenvalue weighted by Gasteiger charge is 2.32. The number of hydrogen-bond acceptors (Lipinski definition) is 3. The molecule has 0 spiro atoms. The molecule has 2 rings (SSSR count). The van der Waals surface area contributed by atoms with Crippen molar-refractivity contribution < 1.29 is 22.3 Å². The van der Waals surface area contributed by atoms with E-state index in [-0.39, 0.29) is 5.75 Å². The van der Waals surface area contributed by atoms with Crippen LogP contribution in [0.2, 0.25) is 5.15 Å². The molecular weight excluding hydrogens is 312 g/mol. The molecule has 0 bridgehead atoms. The Labute approximate surface area is 121 Å². The van der Waals surface area contributed by atoms with Gasteiger partial charge in [-0.15, -0.1) is 0 Å². The van der Waals surface area contributed by atoms with Gasteiger partial charge in [-0.3, -0.25) is 0 Å². The van der Waals surface area contributed by atoms with Gasteiger partial charge in [-0.25, -0.2) is 9.37 Å². The maximum absolute atomic E-state index is 13.4. The molecule has 0 N–H and O–H groups in total. The second-order valence-electron chi connectivity index (χ2n) is 3.84. The van der Waals surface area contributed by atoms with E-state index in [1.165, 1.54) is 12.1 Å². The van der Waals surface area contributed by atoms with Crippen molar-refractivity contribution in [2.24, 2.45) is 0 Å². The minimum absolute atomic E-state index is 0.250. The van der Waals surface area contributed by atoms with Crippen LogP contribution in [0.4, 0.5) is 17.6 Å². The fourth-order valence-electron chi connectivity index (χ4n) is 1.50. The summed E-state index contributed by atoms with van der Waals surface area (Å²) in [4.78, 5) is 3.56. The van der Waals surface area contributed by atoms with Crippen LogP contribution in [-0.4, -0.2) is 4.98 Å². The van der Waals surface area contributed by atoms with Gasteiger partial charge in [0, 0.05) is 6.07 Å². The topological polar surface area (TPSA) is 45.9 Å². The van der Waals surface area contributed by atoms with E-state index in [0.717, 1.165) is 6.07 Å². The number of nitrogens with zero attached hydrogens (tertiary/aromatic N) is 2.